The van der Waals surface area contributed by atoms with E-state index >= 15 is 0 Å². The smallest absolute Gasteiger partial charge is 0.0956 e. The van der Waals surface area contributed by atoms with Crippen LogP contribution in [0.4, 0.5) is 0 Å². The fourth-order valence-corrected chi connectivity index (χ4v) is 5.22. The van der Waals surface area contributed by atoms with Crippen molar-refractivity contribution in [2.75, 3.05) is 0 Å². The number of imidazole rings is 1. The van der Waals surface area contributed by atoms with Crippen LogP contribution < -0.4 is 0 Å². The molecule has 2 aromatic carbocycles. The molecule has 3 aromatic rings. The Morgan fingerprint density at radius 2 is 1.55 bits per heavy atom. The lowest BCUT2D eigenvalue weighted by Gasteiger charge is -2.29. The molecular weight excluding hydrogens is 356 g/mol. The van der Waals surface area contributed by atoms with Gasteiger partial charge in [0, 0.05) is 5.57 Å². The molecular formula is C26H28N2O. The minimum atomic E-state index is -0.274. The molecule has 1 fully saturated rings. The third kappa shape index (κ3) is 3.44. The molecule has 2 heterocycles. The number of benzene rings is 2. The molecule has 1 N–H and O–H groups in total. The summed E-state index contributed by atoms with van der Waals surface area (Å²) in [4.78, 5) is 4.46. The first-order chi connectivity index (χ1) is 14.3. The Labute approximate surface area is 172 Å². The first-order valence-corrected chi connectivity index (χ1v) is 10.9. The van der Waals surface area contributed by atoms with Crippen molar-refractivity contribution < 1.29 is 5.11 Å². The van der Waals surface area contributed by atoms with Gasteiger partial charge in [-0.2, -0.15) is 0 Å². The Balaban J connectivity index is 1.60. The maximum atomic E-state index is 11.2. The summed E-state index contributed by atoms with van der Waals surface area (Å²) in [5.41, 5.74) is 6.15. The van der Waals surface area contributed by atoms with Crippen LogP contribution in [0, 0.1) is 5.92 Å². The molecule has 1 aliphatic carbocycles. The second-order valence-electron chi connectivity index (χ2n) is 8.42. The van der Waals surface area contributed by atoms with Crippen molar-refractivity contribution in [2.45, 2.75) is 50.7 Å². The highest BCUT2D eigenvalue weighted by molar-refractivity contribution is 6.01. The van der Waals surface area contributed by atoms with E-state index in [0.717, 1.165) is 25.0 Å². The Morgan fingerprint density at radius 3 is 2.24 bits per heavy atom. The summed E-state index contributed by atoms with van der Waals surface area (Å²) in [5.74, 6) is 0.425. The Morgan fingerprint density at radius 1 is 0.897 bits per heavy atom. The highest BCUT2D eigenvalue weighted by Gasteiger charge is 2.35. The monoisotopic (exact) mass is 384 g/mol. The molecule has 0 bridgehead atoms. The SMILES string of the molecule is OC(CC1C(c2ccccc2)=C(c2ccccc2)c2cncn21)C1CCCCC1. The molecule has 0 spiro atoms. The zero-order valence-electron chi connectivity index (χ0n) is 16.7. The fraction of sp³-hybridized carbons (Fsp3) is 0.346. The molecule has 3 heteroatoms. The predicted octanol–water partition coefficient (Wildman–Crippen LogP) is 5.73. The number of aromatic nitrogens is 2. The van der Waals surface area contributed by atoms with Gasteiger partial charge in [-0.15, -0.1) is 0 Å². The van der Waals surface area contributed by atoms with Crippen LogP contribution in [0.15, 0.2) is 73.2 Å². The van der Waals surface area contributed by atoms with Crippen molar-refractivity contribution >= 4 is 11.1 Å². The number of rotatable bonds is 5. The zero-order chi connectivity index (χ0) is 19.6. The van der Waals surface area contributed by atoms with Crippen LogP contribution in [0.1, 0.15) is 61.4 Å². The highest BCUT2D eigenvalue weighted by Crippen LogP contribution is 2.48. The predicted molar refractivity (Wildman–Crippen MR) is 117 cm³/mol. The first-order valence-electron chi connectivity index (χ1n) is 10.9. The van der Waals surface area contributed by atoms with E-state index < -0.39 is 0 Å². The molecule has 148 valence electrons. The van der Waals surface area contributed by atoms with E-state index in [9.17, 15) is 5.11 Å². The lowest BCUT2D eigenvalue weighted by Crippen LogP contribution is -2.26. The summed E-state index contributed by atoms with van der Waals surface area (Å²) in [6.45, 7) is 0. The Hall–Kier alpha value is -2.65. The van der Waals surface area contributed by atoms with Crippen molar-refractivity contribution in [3.05, 3.63) is 90.0 Å². The van der Waals surface area contributed by atoms with E-state index in [1.54, 1.807) is 0 Å². The second-order valence-corrected chi connectivity index (χ2v) is 8.42. The molecule has 1 aliphatic heterocycles. The van der Waals surface area contributed by atoms with Gasteiger partial charge in [-0.25, -0.2) is 4.98 Å². The summed E-state index contributed by atoms with van der Waals surface area (Å²) in [6.07, 6.45) is 10.5. The average Bonchev–Trinajstić information content (AvgIpc) is 3.37. The van der Waals surface area contributed by atoms with E-state index in [1.807, 2.05) is 12.5 Å². The standard InChI is InChI=1S/C26H28N2O/c29-24(19-10-4-1-5-11-19)16-22-25(20-12-6-2-7-13-20)26(21-14-8-3-9-15-21)23-17-27-18-28(22)23/h2-3,6-9,12-15,17-19,22,24,29H,1,4-5,10-11,16H2. The zero-order valence-corrected chi connectivity index (χ0v) is 16.7. The van der Waals surface area contributed by atoms with Crippen molar-refractivity contribution in [1.82, 2.24) is 9.55 Å². The number of fused-ring (bicyclic) bond motifs is 1. The van der Waals surface area contributed by atoms with E-state index in [2.05, 4.69) is 70.2 Å². The van der Waals surface area contributed by atoms with Crippen LogP contribution in [-0.2, 0) is 0 Å². The second kappa shape index (κ2) is 8.00. The Bertz CT molecular complexity index is 984. The molecule has 0 amide bonds. The third-order valence-electron chi connectivity index (χ3n) is 6.67. The van der Waals surface area contributed by atoms with Gasteiger partial charge in [0.25, 0.3) is 0 Å². The summed E-state index contributed by atoms with van der Waals surface area (Å²) in [7, 11) is 0. The van der Waals surface area contributed by atoms with Gasteiger partial charge >= 0.3 is 0 Å². The molecule has 5 rings (SSSR count). The lowest BCUT2D eigenvalue weighted by atomic mass is 9.81. The molecule has 2 atom stereocenters. The molecule has 2 unspecified atom stereocenters. The number of hydrogen-bond donors (Lipinski definition) is 1. The lowest BCUT2D eigenvalue weighted by molar-refractivity contribution is 0.0699. The van der Waals surface area contributed by atoms with Gasteiger partial charge in [-0.3, -0.25) is 0 Å². The van der Waals surface area contributed by atoms with Gasteiger partial charge in [0.2, 0.25) is 0 Å². The highest BCUT2D eigenvalue weighted by atomic mass is 16.3. The summed E-state index contributed by atoms with van der Waals surface area (Å²) < 4.78 is 2.27. The van der Waals surface area contributed by atoms with Crippen LogP contribution in [0.25, 0.3) is 11.1 Å². The molecule has 0 saturated heterocycles. The number of nitrogens with zero attached hydrogens (tertiary/aromatic N) is 2. The number of allylic oxidation sites excluding steroid dienone is 1. The van der Waals surface area contributed by atoms with Gasteiger partial charge in [0.15, 0.2) is 0 Å². The van der Waals surface area contributed by atoms with E-state index in [4.69, 9.17) is 0 Å². The quantitative estimate of drug-likeness (QED) is 0.610. The number of aliphatic hydroxyl groups excluding tert-OH is 1. The van der Waals surface area contributed by atoms with Crippen LogP contribution in [0.2, 0.25) is 0 Å². The van der Waals surface area contributed by atoms with Crippen molar-refractivity contribution in [3.8, 4) is 0 Å². The average molecular weight is 385 g/mol. The molecule has 1 aromatic heterocycles. The van der Waals surface area contributed by atoms with Crippen molar-refractivity contribution in [2.24, 2.45) is 5.92 Å². The summed E-state index contributed by atoms with van der Waals surface area (Å²) in [5, 5.41) is 11.2. The largest absolute Gasteiger partial charge is 0.393 e. The van der Waals surface area contributed by atoms with Crippen LogP contribution >= 0.6 is 0 Å². The van der Waals surface area contributed by atoms with Gasteiger partial charge < -0.3 is 9.67 Å². The normalized spacial score (nSPS) is 20.7. The number of hydrogen-bond acceptors (Lipinski definition) is 2. The van der Waals surface area contributed by atoms with E-state index in [0.29, 0.717) is 5.92 Å². The summed E-state index contributed by atoms with van der Waals surface area (Å²) >= 11 is 0. The molecule has 29 heavy (non-hydrogen) atoms. The van der Waals surface area contributed by atoms with Gasteiger partial charge in [0.05, 0.1) is 30.4 Å². The number of aliphatic hydroxyl groups is 1. The maximum absolute atomic E-state index is 11.2. The van der Waals surface area contributed by atoms with Gasteiger partial charge in [-0.05, 0) is 41.9 Å². The summed E-state index contributed by atoms with van der Waals surface area (Å²) in [6, 6.07) is 21.4. The first kappa shape index (κ1) is 18.4. The van der Waals surface area contributed by atoms with E-state index in [-0.39, 0.29) is 12.1 Å². The van der Waals surface area contributed by atoms with Crippen molar-refractivity contribution in [1.29, 1.82) is 0 Å². The fourth-order valence-electron chi connectivity index (χ4n) is 5.22. The molecule has 1 saturated carbocycles. The molecule has 3 nitrogen and oxygen atoms in total. The van der Waals surface area contributed by atoms with Crippen LogP contribution in [-0.4, -0.2) is 20.8 Å². The Kier molecular flexibility index (Phi) is 5.07. The van der Waals surface area contributed by atoms with Gasteiger partial charge in [-0.1, -0.05) is 79.9 Å². The van der Waals surface area contributed by atoms with Crippen LogP contribution in [0.3, 0.4) is 0 Å². The topological polar surface area (TPSA) is 38.1 Å². The maximum Gasteiger partial charge on any atom is 0.0956 e. The van der Waals surface area contributed by atoms with Crippen LogP contribution in [0.5, 0.6) is 0 Å². The minimum absolute atomic E-state index is 0.113. The van der Waals surface area contributed by atoms with Crippen molar-refractivity contribution in [3.63, 3.8) is 0 Å². The molecule has 2 aliphatic rings. The minimum Gasteiger partial charge on any atom is -0.393 e. The molecule has 0 radical (unpaired) electrons. The third-order valence-corrected chi connectivity index (χ3v) is 6.67. The van der Waals surface area contributed by atoms with Gasteiger partial charge in [0.1, 0.15) is 0 Å². The van der Waals surface area contributed by atoms with E-state index in [1.165, 1.54) is 41.5 Å².